The van der Waals surface area contributed by atoms with Gasteiger partial charge in [-0.3, -0.25) is 4.79 Å². The molecule has 2 saturated heterocycles. The predicted octanol–water partition coefficient (Wildman–Crippen LogP) is 2.66. The van der Waals surface area contributed by atoms with E-state index < -0.39 is 5.60 Å². The number of carbonyl (C=O) groups excluding carboxylic acids is 1. The zero-order chi connectivity index (χ0) is 16.1. The molecule has 2 N–H and O–H groups in total. The van der Waals surface area contributed by atoms with Gasteiger partial charge in [0.15, 0.2) is 0 Å². The number of nitrogens with one attached hydrogen (secondary N) is 1. The summed E-state index contributed by atoms with van der Waals surface area (Å²) in [5.74, 6) is 1.84. The summed E-state index contributed by atoms with van der Waals surface area (Å²) in [7, 11) is 0. The van der Waals surface area contributed by atoms with Crippen molar-refractivity contribution < 1.29 is 9.90 Å². The van der Waals surface area contributed by atoms with Crippen LogP contribution in [0.1, 0.15) is 42.5 Å². The molecule has 0 spiro atoms. The van der Waals surface area contributed by atoms with Gasteiger partial charge in [-0.25, -0.2) is 0 Å². The van der Waals surface area contributed by atoms with Crippen LogP contribution < -0.4 is 10.2 Å². The molecular weight excluding hydrogens is 308 g/mol. The minimum Gasteiger partial charge on any atom is -0.388 e. The molecule has 5 heteroatoms. The number of benzene rings is 1. The Hall–Kier alpha value is -1.20. The molecule has 1 aromatic rings. The van der Waals surface area contributed by atoms with E-state index in [-0.39, 0.29) is 5.91 Å². The van der Waals surface area contributed by atoms with Crippen LogP contribution in [-0.2, 0) is 0 Å². The lowest BCUT2D eigenvalue weighted by atomic mass is 9.97. The van der Waals surface area contributed by atoms with Crippen molar-refractivity contribution in [1.82, 2.24) is 5.32 Å². The Morgan fingerprint density at radius 1 is 1.13 bits per heavy atom. The Labute approximate surface area is 142 Å². The Bertz CT molecular complexity index is 520. The van der Waals surface area contributed by atoms with Gasteiger partial charge in [0.05, 0.1) is 5.60 Å². The van der Waals surface area contributed by atoms with Gasteiger partial charge < -0.3 is 15.3 Å². The summed E-state index contributed by atoms with van der Waals surface area (Å²) in [5.41, 5.74) is 1.14. The van der Waals surface area contributed by atoms with E-state index in [1.807, 2.05) is 36.0 Å². The molecule has 126 valence electrons. The van der Waals surface area contributed by atoms with Crippen LogP contribution in [0.4, 0.5) is 5.69 Å². The van der Waals surface area contributed by atoms with E-state index in [9.17, 15) is 9.90 Å². The summed E-state index contributed by atoms with van der Waals surface area (Å²) in [6.07, 6.45) is 5.33. The van der Waals surface area contributed by atoms with E-state index in [4.69, 9.17) is 0 Å². The maximum atomic E-state index is 12.3. The number of hydrogen-bond donors (Lipinski definition) is 2. The Kier molecular flexibility index (Phi) is 5.49. The number of nitrogens with zero attached hydrogens (tertiary/aromatic N) is 1. The van der Waals surface area contributed by atoms with Gasteiger partial charge in [0.25, 0.3) is 5.91 Å². The minimum absolute atomic E-state index is 0.0955. The van der Waals surface area contributed by atoms with Crippen molar-refractivity contribution in [1.29, 1.82) is 0 Å². The molecule has 0 aromatic heterocycles. The van der Waals surface area contributed by atoms with E-state index in [0.717, 1.165) is 37.4 Å². The first-order valence-electron chi connectivity index (χ1n) is 8.60. The van der Waals surface area contributed by atoms with E-state index in [1.54, 1.807) is 0 Å². The van der Waals surface area contributed by atoms with Crippen LogP contribution in [0.5, 0.6) is 0 Å². The molecule has 0 atom stereocenters. The highest BCUT2D eigenvalue weighted by Crippen LogP contribution is 2.26. The molecule has 0 unspecified atom stereocenters. The van der Waals surface area contributed by atoms with Crippen molar-refractivity contribution in [3.05, 3.63) is 29.8 Å². The molecule has 4 nitrogen and oxygen atoms in total. The number of piperidine rings is 1. The summed E-state index contributed by atoms with van der Waals surface area (Å²) in [6, 6.07) is 7.85. The highest BCUT2D eigenvalue weighted by Gasteiger charge is 2.29. The predicted molar refractivity (Wildman–Crippen MR) is 96.3 cm³/mol. The van der Waals surface area contributed by atoms with Gasteiger partial charge in [0.2, 0.25) is 0 Å². The number of hydrogen-bond acceptors (Lipinski definition) is 4. The number of amides is 1. The van der Waals surface area contributed by atoms with Gasteiger partial charge >= 0.3 is 0 Å². The quantitative estimate of drug-likeness (QED) is 0.889. The van der Waals surface area contributed by atoms with E-state index in [1.165, 1.54) is 24.9 Å². The van der Waals surface area contributed by atoms with Crippen LogP contribution >= 0.6 is 11.8 Å². The van der Waals surface area contributed by atoms with E-state index in [2.05, 4.69) is 10.2 Å². The first kappa shape index (κ1) is 16.7. The highest BCUT2D eigenvalue weighted by atomic mass is 32.2. The lowest BCUT2D eigenvalue weighted by molar-refractivity contribution is 0.0311. The van der Waals surface area contributed by atoms with E-state index >= 15 is 0 Å². The van der Waals surface area contributed by atoms with Gasteiger partial charge in [-0.05, 0) is 67.9 Å². The summed E-state index contributed by atoms with van der Waals surface area (Å²) >= 11 is 1.87. The third kappa shape index (κ3) is 4.42. The zero-order valence-electron chi connectivity index (χ0n) is 13.6. The first-order chi connectivity index (χ1) is 11.2. The maximum Gasteiger partial charge on any atom is 0.251 e. The van der Waals surface area contributed by atoms with Crippen molar-refractivity contribution in [2.45, 2.75) is 37.7 Å². The van der Waals surface area contributed by atoms with Crippen LogP contribution in [0.2, 0.25) is 0 Å². The average Bonchev–Trinajstić information content (AvgIpc) is 2.61. The minimum atomic E-state index is -0.728. The monoisotopic (exact) mass is 334 g/mol. The lowest BCUT2D eigenvalue weighted by Gasteiger charge is -2.31. The number of rotatable bonds is 4. The number of aliphatic hydroxyl groups is 1. The Morgan fingerprint density at radius 3 is 2.43 bits per heavy atom. The first-order valence-corrected chi connectivity index (χ1v) is 9.75. The molecule has 0 radical (unpaired) electrons. The average molecular weight is 334 g/mol. The fraction of sp³-hybridized carbons (Fsp3) is 0.611. The third-order valence-electron chi connectivity index (χ3n) is 4.85. The van der Waals surface area contributed by atoms with Gasteiger partial charge in [-0.1, -0.05) is 0 Å². The van der Waals surface area contributed by atoms with Gasteiger partial charge in [0.1, 0.15) is 0 Å². The number of thioether (sulfide) groups is 1. The second-order valence-corrected chi connectivity index (χ2v) is 7.84. The standard InChI is InChI=1S/C18H26N2O2S/c21-17(19-14-18(22)8-12-23-13-9-18)15-4-6-16(7-5-15)20-10-2-1-3-11-20/h4-7,22H,1-3,8-14H2,(H,19,21). The summed E-state index contributed by atoms with van der Waals surface area (Å²) in [5, 5.41) is 13.3. The molecule has 2 aliphatic heterocycles. The molecule has 2 fully saturated rings. The number of carbonyl (C=O) groups is 1. The molecule has 0 aliphatic carbocycles. The maximum absolute atomic E-state index is 12.3. The van der Waals surface area contributed by atoms with Gasteiger partial charge in [-0.15, -0.1) is 0 Å². The van der Waals surface area contributed by atoms with E-state index in [0.29, 0.717) is 12.1 Å². The second-order valence-electron chi connectivity index (χ2n) is 6.61. The molecule has 1 aromatic carbocycles. The third-order valence-corrected chi connectivity index (χ3v) is 5.84. The molecule has 0 bridgehead atoms. The lowest BCUT2D eigenvalue weighted by Crippen LogP contribution is -2.45. The van der Waals surface area contributed by atoms with Crippen LogP contribution in [0.15, 0.2) is 24.3 Å². The Balaban J connectivity index is 1.54. The van der Waals surface area contributed by atoms with Crippen molar-refractivity contribution in [3.8, 4) is 0 Å². The van der Waals surface area contributed by atoms with Crippen LogP contribution in [0, 0.1) is 0 Å². The molecular formula is C18H26N2O2S. The van der Waals surface area contributed by atoms with Crippen molar-refractivity contribution in [2.75, 3.05) is 36.0 Å². The van der Waals surface area contributed by atoms with Crippen LogP contribution in [-0.4, -0.2) is 47.8 Å². The summed E-state index contributed by atoms with van der Waals surface area (Å²) < 4.78 is 0. The molecule has 1 amide bonds. The van der Waals surface area contributed by atoms with Gasteiger partial charge in [0, 0.05) is 30.9 Å². The smallest absolute Gasteiger partial charge is 0.251 e. The molecule has 2 heterocycles. The Morgan fingerprint density at radius 2 is 1.78 bits per heavy atom. The van der Waals surface area contributed by atoms with Crippen LogP contribution in [0.25, 0.3) is 0 Å². The second kappa shape index (κ2) is 7.58. The summed E-state index contributed by atoms with van der Waals surface area (Å²) in [6.45, 7) is 2.56. The zero-order valence-corrected chi connectivity index (χ0v) is 14.4. The van der Waals surface area contributed by atoms with Crippen molar-refractivity contribution >= 4 is 23.4 Å². The van der Waals surface area contributed by atoms with Crippen LogP contribution in [0.3, 0.4) is 0 Å². The topological polar surface area (TPSA) is 52.6 Å². The molecule has 23 heavy (non-hydrogen) atoms. The van der Waals surface area contributed by atoms with Crippen molar-refractivity contribution in [3.63, 3.8) is 0 Å². The fourth-order valence-electron chi connectivity index (χ4n) is 3.25. The fourth-order valence-corrected chi connectivity index (χ4v) is 4.50. The molecule has 2 aliphatic rings. The largest absolute Gasteiger partial charge is 0.388 e. The number of anilines is 1. The SMILES string of the molecule is O=C(NCC1(O)CCSCC1)c1ccc(N2CCCCC2)cc1. The molecule has 0 saturated carbocycles. The molecule has 3 rings (SSSR count). The van der Waals surface area contributed by atoms with Gasteiger partial charge in [-0.2, -0.15) is 11.8 Å². The van der Waals surface area contributed by atoms with Crippen molar-refractivity contribution in [2.24, 2.45) is 0 Å². The highest BCUT2D eigenvalue weighted by molar-refractivity contribution is 7.99. The summed E-state index contributed by atoms with van der Waals surface area (Å²) in [4.78, 5) is 14.7. The normalized spacial score (nSPS) is 21.0.